The number of rotatable bonds is 5. The van der Waals surface area contributed by atoms with Crippen molar-refractivity contribution in [2.24, 2.45) is 0 Å². The van der Waals surface area contributed by atoms with Crippen LogP contribution < -0.4 is 9.61 Å². The van der Waals surface area contributed by atoms with Crippen LogP contribution in [-0.4, -0.2) is 32.7 Å². The van der Waals surface area contributed by atoms with Crippen LogP contribution in [0.2, 0.25) is 5.02 Å². The van der Waals surface area contributed by atoms with Crippen LogP contribution in [0.3, 0.4) is 0 Å². The van der Waals surface area contributed by atoms with Crippen molar-refractivity contribution in [3.8, 4) is 5.75 Å². The van der Waals surface area contributed by atoms with Gasteiger partial charge in [-0.3, -0.25) is 5.09 Å². The van der Waals surface area contributed by atoms with Crippen molar-refractivity contribution in [1.82, 2.24) is 5.09 Å². The van der Waals surface area contributed by atoms with E-state index in [9.17, 15) is 4.79 Å². The first kappa shape index (κ1) is 16.4. The highest BCUT2D eigenvalue weighted by molar-refractivity contribution is 7.50. The molecule has 19 heavy (non-hydrogen) atoms. The molecule has 1 saturated carbocycles. The standard InChI is InChI=1S/C11H13ClNO2P.C2H6O/c1-16(13-11(8-14)6-7-11)15-10-4-2-9(12)3-5-10;1-3-2/h2-5,8,13H,6-7H2,1H3;1-2H3. The lowest BCUT2D eigenvalue weighted by molar-refractivity contribution is -0.110. The fraction of sp³-hybridized carbons (Fsp3) is 0.462. The Labute approximate surface area is 120 Å². The zero-order chi connectivity index (χ0) is 14.3. The fourth-order valence-corrected chi connectivity index (χ4v) is 2.89. The third-order valence-corrected chi connectivity index (χ3v) is 3.95. The maximum atomic E-state index is 10.8. The molecule has 0 saturated heterocycles. The van der Waals surface area contributed by atoms with Gasteiger partial charge >= 0.3 is 0 Å². The molecule has 1 unspecified atom stereocenters. The summed E-state index contributed by atoms with van der Waals surface area (Å²) in [6.45, 7) is 1.95. The quantitative estimate of drug-likeness (QED) is 0.670. The van der Waals surface area contributed by atoms with Gasteiger partial charge in [-0.15, -0.1) is 0 Å². The van der Waals surface area contributed by atoms with Crippen LogP contribution in [0.5, 0.6) is 5.75 Å². The van der Waals surface area contributed by atoms with Crippen molar-refractivity contribution in [2.45, 2.75) is 18.4 Å². The highest BCUT2D eigenvalue weighted by Crippen LogP contribution is 2.42. The van der Waals surface area contributed by atoms with E-state index in [0.717, 1.165) is 24.9 Å². The molecule has 1 aromatic rings. The van der Waals surface area contributed by atoms with Crippen LogP contribution in [0.25, 0.3) is 0 Å². The first-order chi connectivity index (χ1) is 9.05. The number of methoxy groups -OCH3 is 1. The van der Waals surface area contributed by atoms with Gasteiger partial charge in [0, 0.05) is 25.9 Å². The van der Waals surface area contributed by atoms with Crippen LogP contribution in [0, 0.1) is 0 Å². The van der Waals surface area contributed by atoms with Crippen LogP contribution in [-0.2, 0) is 9.53 Å². The summed E-state index contributed by atoms with van der Waals surface area (Å²) in [6.07, 6.45) is 2.80. The molecule has 0 amide bonds. The summed E-state index contributed by atoms with van der Waals surface area (Å²) in [6, 6.07) is 7.21. The molecule has 1 aliphatic carbocycles. The first-order valence-electron chi connectivity index (χ1n) is 5.87. The van der Waals surface area contributed by atoms with E-state index in [0.29, 0.717) is 5.02 Å². The third kappa shape index (κ3) is 5.87. The molecule has 0 heterocycles. The van der Waals surface area contributed by atoms with E-state index in [-0.39, 0.29) is 5.54 Å². The average Bonchev–Trinajstić information content (AvgIpc) is 3.13. The van der Waals surface area contributed by atoms with Gasteiger partial charge in [0.1, 0.15) is 12.0 Å². The van der Waals surface area contributed by atoms with E-state index in [1.807, 2.05) is 18.8 Å². The van der Waals surface area contributed by atoms with Crippen molar-refractivity contribution in [3.05, 3.63) is 29.3 Å². The molecule has 0 spiro atoms. The van der Waals surface area contributed by atoms with Gasteiger partial charge in [-0.05, 0) is 37.1 Å². The van der Waals surface area contributed by atoms with E-state index in [4.69, 9.17) is 16.1 Å². The number of benzene rings is 1. The lowest BCUT2D eigenvalue weighted by Gasteiger charge is -2.18. The summed E-state index contributed by atoms with van der Waals surface area (Å²) in [7, 11) is 2.43. The molecule has 0 bridgehead atoms. The zero-order valence-corrected chi connectivity index (χ0v) is 13.0. The average molecular weight is 304 g/mol. The molecule has 106 valence electrons. The van der Waals surface area contributed by atoms with Gasteiger partial charge in [0.15, 0.2) is 8.30 Å². The predicted octanol–water partition coefficient (Wildman–Crippen LogP) is 3.24. The molecule has 0 aromatic heterocycles. The molecule has 6 heteroatoms. The van der Waals surface area contributed by atoms with Gasteiger partial charge in [-0.1, -0.05) is 11.6 Å². The normalized spacial score (nSPS) is 16.8. The maximum absolute atomic E-state index is 10.8. The summed E-state index contributed by atoms with van der Waals surface area (Å²) in [4.78, 5) is 10.8. The Balaban J connectivity index is 0.000000550. The highest BCUT2D eigenvalue weighted by Gasteiger charge is 2.44. The summed E-state index contributed by atoms with van der Waals surface area (Å²) in [5, 5.41) is 3.91. The molecular weight excluding hydrogens is 285 g/mol. The Morgan fingerprint density at radius 2 is 1.84 bits per heavy atom. The van der Waals surface area contributed by atoms with Crippen molar-refractivity contribution in [2.75, 3.05) is 20.9 Å². The Morgan fingerprint density at radius 1 is 1.32 bits per heavy atom. The van der Waals surface area contributed by atoms with Gasteiger partial charge in [0.2, 0.25) is 0 Å². The second-order valence-electron chi connectivity index (χ2n) is 4.34. The maximum Gasteiger partial charge on any atom is 0.158 e. The molecule has 1 fully saturated rings. The van der Waals surface area contributed by atoms with Gasteiger partial charge < -0.3 is 14.1 Å². The summed E-state index contributed by atoms with van der Waals surface area (Å²) in [5.74, 6) is 0.771. The van der Waals surface area contributed by atoms with E-state index < -0.39 is 8.30 Å². The molecule has 1 N–H and O–H groups in total. The molecule has 1 atom stereocenters. The second kappa shape index (κ2) is 7.81. The van der Waals surface area contributed by atoms with Crippen LogP contribution in [0.15, 0.2) is 24.3 Å². The number of aldehydes is 1. The van der Waals surface area contributed by atoms with E-state index in [2.05, 4.69) is 9.82 Å². The number of carbonyl (C=O) groups is 1. The molecule has 1 aliphatic rings. The third-order valence-electron chi connectivity index (χ3n) is 2.45. The zero-order valence-electron chi connectivity index (χ0n) is 11.4. The lowest BCUT2D eigenvalue weighted by Crippen LogP contribution is -2.29. The minimum absolute atomic E-state index is 0.313. The van der Waals surface area contributed by atoms with Crippen LogP contribution >= 0.6 is 19.9 Å². The highest BCUT2D eigenvalue weighted by atomic mass is 35.5. The smallest absolute Gasteiger partial charge is 0.158 e. The lowest BCUT2D eigenvalue weighted by atomic mass is 10.3. The minimum Gasteiger partial charge on any atom is -0.458 e. The molecule has 0 aliphatic heterocycles. The number of hydrogen-bond donors (Lipinski definition) is 1. The second-order valence-corrected chi connectivity index (χ2v) is 6.17. The number of halogens is 1. The minimum atomic E-state index is -0.822. The Hall–Kier alpha value is -0.670. The van der Waals surface area contributed by atoms with E-state index in [1.165, 1.54) is 0 Å². The number of hydrogen-bond acceptors (Lipinski definition) is 4. The largest absolute Gasteiger partial charge is 0.458 e. The van der Waals surface area contributed by atoms with Crippen molar-refractivity contribution < 1.29 is 14.1 Å². The van der Waals surface area contributed by atoms with Crippen LogP contribution in [0.4, 0.5) is 0 Å². The van der Waals surface area contributed by atoms with Gasteiger partial charge in [0.25, 0.3) is 0 Å². The molecule has 1 aromatic carbocycles. The number of nitrogens with one attached hydrogen (secondary N) is 1. The monoisotopic (exact) mass is 303 g/mol. The Morgan fingerprint density at radius 3 is 2.26 bits per heavy atom. The van der Waals surface area contributed by atoms with Gasteiger partial charge in [0.05, 0.1) is 5.54 Å². The molecular formula is C13H19ClNO3P. The van der Waals surface area contributed by atoms with Crippen LogP contribution in [0.1, 0.15) is 12.8 Å². The summed E-state index contributed by atoms with van der Waals surface area (Å²) >= 11 is 5.77. The SMILES string of the molecule is COC.CP(NC1(C=O)CC1)Oc1ccc(Cl)cc1. The Kier molecular flexibility index (Phi) is 6.73. The van der Waals surface area contributed by atoms with Gasteiger partial charge in [-0.2, -0.15) is 0 Å². The topological polar surface area (TPSA) is 47.6 Å². The fourth-order valence-electron chi connectivity index (χ4n) is 1.38. The van der Waals surface area contributed by atoms with Gasteiger partial charge in [-0.25, -0.2) is 0 Å². The Bertz CT molecular complexity index is 395. The van der Waals surface area contributed by atoms with Crippen molar-refractivity contribution in [1.29, 1.82) is 0 Å². The summed E-state index contributed by atoms with van der Waals surface area (Å²) in [5.41, 5.74) is -0.313. The number of ether oxygens (including phenoxy) is 1. The number of carbonyl (C=O) groups excluding carboxylic acids is 1. The molecule has 2 rings (SSSR count). The van der Waals surface area contributed by atoms with Crippen molar-refractivity contribution in [3.63, 3.8) is 0 Å². The summed E-state index contributed by atoms with van der Waals surface area (Å²) < 4.78 is 9.93. The van der Waals surface area contributed by atoms with Crippen molar-refractivity contribution >= 4 is 26.2 Å². The molecule has 0 radical (unpaired) electrons. The first-order valence-corrected chi connectivity index (χ1v) is 7.95. The molecule has 4 nitrogen and oxygen atoms in total. The van der Waals surface area contributed by atoms with E-state index >= 15 is 0 Å². The predicted molar refractivity (Wildman–Crippen MR) is 79.0 cm³/mol. The van der Waals surface area contributed by atoms with E-state index in [1.54, 1.807) is 26.4 Å².